The average Bonchev–Trinajstić information content (AvgIpc) is 2.46. The van der Waals surface area contributed by atoms with Crippen LogP contribution in [0.4, 0.5) is 5.69 Å². The van der Waals surface area contributed by atoms with Crippen molar-refractivity contribution in [1.29, 1.82) is 0 Å². The second-order valence-electron chi connectivity index (χ2n) is 4.57. The largest absolute Gasteiger partial charge is 0.489 e. The van der Waals surface area contributed by atoms with Crippen molar-refractivity contribution >= 4 is 11.6 Å². The number of ether oxygens (including phenoxy) is 1. The lowest BCUT2D eigenvalue weighted by Crippen LogP contribution is -2.11. The van der Waals surface area contributed by atoms with Crippen molar-refractivity contribution in [3.8, 4) is 5.75 Å². The summed E-state index contributed by atoms with van der Waals surface area (Å²) in [7, 11) is 1.87. The Morgan fingerprint density at radius 3 is 2.45 bits per heavy atom. The van der Waals surface area contributed by atoms with E-state index in [0.29, 0.717) is 12.2 Å². The number of hydrogen-bond donors (Lipinski definition) is 2. The van der Waals surface area contributed by atoms with Gasteiger partial charge >= 0.3 is 0 Å². The molecule has 4 nitrogen and oxygen atoms in total. The highest BCUT2D eigenvalue weighted by atomic mass is 16.5. The summed E-state index contributed by atoms with van der Waals surface area (Å²) in [5.41, 5.74) is 8.84. The number of carbonyl (C=O) groups excluding carboxylic acids is 1. The monoisotopic (exact) mass is 270 g/mol. The molecule has 4 heteroatoms. The fraction of sp³-hybridized carbons (Fsp3) is 0.188. The van der Waals surface area contributed by atoms with Crippen molar-refractivity contribution in [3.05, 3.63) is 59.2 Å². The lowest BCUT2D eigenvalue weighted by atomic mass is 10.1. The first-order valence-electron chi connectivity index (χ1n) is 6.40. The Morgan fingerprint density at radius 1 is 1.20 bits per heavy atom. The molecule has 0 heterocycles. The van der Waals surface area contributed by atoms with Crippen LogP contribution >= 0.6 is 0 Å². The van der Waals surface area contributed by atoms with E-state index in [9.17, 15) is 4.79 Å². The molecule has 1 amide bonds. The molecule has 0 aliphatic carbocycles. The summed E-state index contributed by atoms with van der Waals surface area (Å²) in [5.74, 6) is 0.394. The SMILES string of the molecule is CNc1ccc(OCc2ccc(C(N)=O)cc2C)cc1. The van der Waals surface area contributed by atoms with Crippen molar-refractivity contribution in [2.24, 2.45) is 5.73 Å². The number of nitrogens with one attached hydrogen (secondary N) is 1. The topological polar surface area (TPSA) is 64.3 Å². The molecule has 0 aliphatic rings. The Hall–Kier alpha value is -2.49. The Morgan fingerprint density at radius 2 is 1.90 bits per heavy atom. The van der Waals surface area contributed by atoms with Gasteiger partial charge in [0.2, 0.25) is 5.91 Å². The zero-order valence-electron chi connectivity index (χ0n) is 11.6. The van der Waals surface area contributed by atoms with Gasteiger partial charge in [-0.3, -0.25) is 4.79 Å². The summed E-state index contributed by atoms with van der Waals surface area (Å²) in [5, 5.41) is 3.05. The lowest BCUT2D eigenvalue weighted by Gasteiger charge is -2.10. The van der Waals surface area contributed by atoms with Gasteiger partial charge in [-0.15, -0.1) is 0 Å². The number of nitrogens with two attached hydrogens (primary N) is 1. The molecule has 0 fully saturated rings. The molecule has 104 valence electrons. The van der Waals surface area contributed by atoms with Gasteiger partial charge in [0, 0.05) is 18.3 Å². The summed E-state index contributed by atoms with van der Waals surface area (Å²) in [4.78, 5) is 11.1. The first kappa shape index (κ1) is 13.9. The molecule has 0 bridgehead atoms. The minimum absolute atomic E-state index is 0.414. The summed E-state index contributed by atoms with van der Waals surface area (Å²) in [6.45, 7) is 2.40. The van der Waals surface area contributed by atoms with Gasteiger partial charge in [-0.2, -0.15) is 0 Å². The van der Waals surface area contributed by atoms with Gasteiger partial charge in [0.15, 0.2) is 0 Å². The standard InChI is InChI=1S/C16H18N2O2/c1-11-9-12(16(17)19)3-4-13(11)10-20-15-7-5-14(18-2)6-8-15/h3-9,18H,10H2,1-2H3,(H2,17,19). The molecule has 0 aromatic heterocycles. The van der Waals surface area contributed by atoms with Crippen LogP contribution in [0.3, 0.4) is 0 Å². The fourth-order valence-corrected chi connectivity index (χ4v) is 1.89. The maximum Gasteiger partial charge on any atom is 0.248 e. The quantitative estimate of drug-likeness (QED) is 0.878. The fourth-order valence-electron chi connectivity index (χ4n) is 1.89. The van der Waals surface area contributed by atoms with E-state index < -0.39 is 5.91 Å². The first-order valence-corrected chi connectivity index (χ1v) is 6.40. The molecule has 20 heavy (non-hydrogen) atoms. The second-order valence-corrected chi connectivity index (χ2v) is 4.57. The number of aryl methyl sites for hydroxylation is 1. The van der Waals surface area contributed by atoms with E-state index >= 15 is 0 Å². The van der Waals surface area contributed by atoms with E-state index in [4.69, 9.17) is 10.5 Å². The summed E-state index contributed by atoms with van der Waals surface area (Å²) >= 11 is 0. The van der Waals surface area contributed by atoms with E-state index in [2.05, 4.69) is 5.32 Å². The maximum absolute atomic E-state index is 11.1. The third kappa shape index (κ3) is 3.29. The molecular formula is C16H18N2O2. The predicted molar refractivity (Wildman–Crippen MR) is 80.0 cm³/mol. The van der Waals surface area contributed by atoms with Gasteiger partial charge in [-0.05, 0) is 54.4 Å². The van der Waals surface area contributed by atoms with Crippen molar-refractivity contribution in [2.45, 2.75) is 13.5 Å². The molecule has 0 unspecified atom stereocenters. The molecule has 0 atom stereocenters. The van der Waals surface area contributed by atoms with E-state index in [1.165, 1.54) is 0 Å². The highest BCUT2D eigenvalue weighted by molar-refractivity contribution is 5.93. The van der Waals surface area contributed by atoms with Crippen LogP contribution in [0.1, 0.15) is 21.5 Å². The molecule has 0 saturated heterocycles. The van der Waals surface area contributed by atoms with Crippen LogP contribution < -0.4 is 15.8 Å². The molecule has 0 radical (unpaired) electrons. The van der Waals surface area contributed by atoms with Crippen LogP contribution in [-0.2, 0) is 6.61 Å². The molecule has 3 N–H and O–H groups in total. The Bertz CT molecular complexity index is 606. The van der Waals surface area contributed by atoms with Gasteiger partial charge < -0.3 is 15.8 Å². The van der Waals surface area contributed by atoms with Gasteiger partial charge in [-0.25, -0.2) is 0 Å². The number of amides is 1. The van der Waals surface area contributed by atoms with Crippen molar-refractivity contribution < 1.29 is 9.53 Å². The number of rotatable bonds is 5. The second kappa shape index (κ2) is 6.10. The Labute approximate surface area is 118 Å². The molecule has 2 aromatic rings. The average molecular weight is 270 g/mol. The van der Waals surface area contributed by atoms with E-state index in [0.717, 1.165) is 22.6 Å². The predicted octanol–water partition coefficient (Wildman–Crippen LogP) is 2.71. The van der Waals surface area contributed by atoms with E-state index in [1.54, 1.807) is 12.1 Å². The number of benzene rings is 2. The normalized spacial score (nSPS) is 10.1. The van der Waals surface area contributed by atoms with Crippen LogP contribution in [0.25, 0.3) is 0 Å². The summed E-state index contributed by atoms with van der Waals surface area (Å²) in [6.07, 6.45) is 0. The smallest absolute Gasteiger partial charge is 0.248 e. The van der Waals surface area contributed by atoms with Crippen LogP contribution in [0, 0.1) is 6.92 Å². The van der Waals surface area contributed by atoms with Crippen molar-refractivity contribution in [3.63, 3.8) is 0 Å². The first-order chi connectivity index (χ1) is 9.60. The maximum atomic E-state index is 11.1. The van der Waals surface area contributed by atoms with E-state index in [-0.39, 0.29) is 0 Å². The van der Waals surface area contributed by atoms with E-state index in [1.807, 2.05) is 44.3 Å². The Kier molecular flexibility index (Phi) is 4.25. The molecule has 0 saturated carbocycles. The minimum Gasteiger partial charge on any atom is -0.489 e. The lowest BCUT2D eigenvalue weighted by molar-refractivity contribution is 0.1000. The molecule has 2 rings (SSSR count). The van der Waals surface area contributed by atoms with Gasteiger partial charge in [0.05, 0.1) is 0 Å². The highest BCUT2D eigenvalue weighted by Gasteiger charge is 2.05. The number of hydrogen-bond acceptors (Lipinski definition) is 3. The summed E-state index contributed by atoms with van der Waals surface area (Å²) < 4.78 is 5.73. The molecule has 2 aromatic carbocycles. The van der Waals surface area contributed by atoms with Crippen LogP contribution in [0.15, 0.2) is 42.5 Å². The highest BCUT2D eigenvalue weighted by Crippen LogP contribution is 2.18. The van der Waals surface area contributed by atoms with Crippen molar-refractivity contribution in [1.82, 2.24) is 0 Å². The minimum atomic E-state index is -0.414. The summed E-state index contributed by atoms with van der Waals surface area (Å²) in [6, 6.07) is 13.1. The third-order valence-electron chi connectivity index (χ3n) is 3.16. The van der Waals surface area contributed by atoms with Crippen LogP contribution in [-0.4, -0.2) is 13.0 Å². The van der Waals surface area contributed by atoms with Crippen molar-refractivity contribution in [2.75, 3.05) is 12.4 Å². The number of primary amides is 1. The molecular weight excluding hydrogens is 252 g/mol. The van der Waals surface area contributed by atoms with Gasteiger partial charge in [0.1, 0.15) is 12.4 Å². The third-order valence-corrected chi connectivity index (χ3v) is 3.16. The van der Waals surface area contributed by atoms with Crippen LogP contribution in [0.2, 0.25) is 0 Å². The van der Waals surface area contributed by atoms with Gasteiger partial charge in [-0.1, -0.05) is 6.07 Å². The van der Waals surface area contributed by atoms with Crippen LogP contribution in [0.5, 0.6) is 5.75 Å². The molecule has 0 aliphatic heterocycles. The van der Waals surface area contributed by atoms with Gasteiger partial charge in [0.25, 0.3) is 0 Å². The zero-order valence-corrected chi connectivity index (χ0v) is 11.6. The zero-order chi connectivity index (χ0) is 14.5. The number of anilines is 1. The Balaban J connectivity index is 2.04. The number of carbonyl (C=O) groups is 1. The molecule has 0 spiro atoms.